The molecular formula is C20H26N2O4. The van der Waals surface area contributed by atoms with Crippen molar-refractivity contribution in [3.05, 3.63) is 30.0 Å². The molecule has 1 aromatic carbocycles. The number of amides is 1. The van der Waals surface area contributed by atoms with Gasteiger partial charge in [0.25, 0.3) is 0 Å². The minimum atomic E-state index is -0.469. The predicted octanol–water partition coefficient (Wildman–Crippen LogP) is 3.22. The molecular weight excluding hydrogens is 332 g/mol. The second-order valence-electron chi connectivity index (χ2n) is 6.89. The van der Waals surface area contributed by atoms with Crippen molar-refractivity contribution in [2.24, 2.45) is 5.92 Å². The van der Waals surface area contributed by atoms with Crippen LogP contribution in [0.15, 0.2) is 24.3 Å². The summed E-state index contributed by atoms with van der Waals surface area (Å²) in [5, 5.41) is 13.4. The molecule has 1 aromatic heterocycles. The number of carbonyl (C=O) groups excluding carboxylic acids is 2. The van der Waals surface area contributed by atoms with E-state index in [1.165, 1.54) is 32.1 Å². The third-order valence-corrected chi connectivity index (χ3v) is 4.98. The van der Waals surface area contributed by atoms with Crippen LogP contribution >= 0.6 is 0 Å². The fraction of sp³-hybridized carbons (Fsp3) is 0.500. The Hall–Kier alpha value is -2.50. The molecule has 0 spiro atoms. The largest absolute Gasteiger partial charge is 0.508 e. The van der Waals surface area contributed by atoms with Crippen molar-refractivity contribution in [2.75, 3.05) is 13.2 Å². The summed E-state index contributed by atoms with van der Waals surface area (Å²) in [7, 11) is 0. The molecule has 2 aromatic rings. The summed E-state index contributed by atoms with van der Waals surface area (Å²) >= 11 is 0. The normalized spacial score (nSPS) is 15.1. The average molecular weight is 358 g/mol. The van der Waals surface area contributed by atoms with Crippen LogP contribution in [0.25, 0.3) is 10.9 Å². The monoisotopic (exact) mass is 358 g/mol. The second kappa shape index (κ2) is 8.25. The lowest BCUT2D eigenvalue weighted by Crippen LogP contribution is -2.33. The zero-order valence-electron chi connectivity index (χ0n) is 15.2. The average Bonchev–Trinajstić information content (AvgIpc) is 2.98. The Morgan fingerprint density at radius 1 is 1.23 bits per heavy atom. The highest BCUT2D eigenvalue weighted by molar-refractivity contribution is 5.97. The summed E-state index contributed by atoms with van der Waals surface area (Å²) in [6.45, 7) is 2.75. The number of phenols is 1. The zero-order chi connectivity index (χ0) is 18.5. The van der Waals surface area contributed by atoms with Gasteiger partial charge in [-0.2, -0.15) is 0 Å². The molecule has 0 unspecified atom stereocenters. The molecule has 1 saturated carbocycles. The number of aromatic hydroxyl groups is 1. The number of hydrogen-bond donors (Lipinski definition) is 2. The van der Waals surface area contributed by atoms with Crippen molar-refractivity contribution >= 4 is 22.8 Å². The molecule has 1 aliphatic rings. The molecule has 26 heavy (non-hydrogen) atoms. The molecule has 0 atom stereocenters. The van der Waals surface area contributed by atoms with E-state index >= 15 is 0 Å². The fourth-order valence-corrected chi connectivity index (χ4v) is 3.65. The van der Waals surface area contributed by atoms with Crippen LogP contribution in [0.1, 0.15) is 49.5 Å². The topological polar surface area (TPSA) is 80.6 Å². The van der Waals surface area contributed by atoms with Crippen LogP contribution in [-0.2, 0) is 16.1 Å². The minimum Gasteiger partial charge on any atom is -0.508 e. The van der Waals surface area contributed by atoms with Gasteiger partial charge in [0, 0.05) is 17.4 Å². The maximum atomic E-state index is 12.5. The predicted molar refractivity (Wildman–Crippen MR) is 99.1 cm³/mol. The summed E-state index contributed by atoms with van der Waals surface area (Å²) < 4.78 is 6.77. The van der Waals surface area contributed by atoms with Crippen LogP contribution in [0, 0.1) is 5.92 Å². The van der Waals surface area contributed by atoms with Crippen molar-refractivity contribution in [2.45, 2.75) is 45.6 Å². The highest BCUT2D eigenvalue weighted by Gasteiger charge is 2.20. The van der Waals surface area contributed by atoms with E-state index in [0.717, 1.165) is 5.52 Å². The number of nitrogens with zero attached hydrogens (tertiary/aromatic N) is 1. The standard InChI is InChI=1S/C20H26N2O4/c1-2-26-20(25)18-11-15-10-16(23)8-9-17(15)22(18)13-19(24)21-12-14-6-4-3-5-7-14/h8-11,14,23H,2-7,12-13H2,1H3,(H,21,24). The third-order valence-electron chi connectivity index (χ3n) is 4.98. The zero-order valence-corrected chi connectivity index (χ0v) is 15.2. The van der Waals surface area contributed by atoms with Crippen molar-refractivity contribution in [1.82, 2.24) is 9.88 Å². The number of nitrogens with one attached hydrogen (secondary N) is 1. The lowest BCUT2D eigenvalue weighted by molar-refractivity contribution is -0.121. The Morgan fingerprint density at radius 2 is 2.00 bits per heavy atom. The van der Waals surface area contributed by atoms with E-state index in [1.54, 1.807) is 35.8 Å². The van der Waals surface area contributed by atoms with E-state index < -0.39 is 5.97 Å². The van der Waals surface area contributed by atoms with E-state index in [9.17, 15) is 14.7 Å². The van der Waals surface area contributed by atoms with Gasteiger partial charge in [-0.25, -0.2) is 4.79 Å². The van der Waals surface area contributed by atoms with Gasteiger partial charge in [-0.3, -0.25) is 4.79 Å². The Bertz CT molecular complexity index is 790. The van der Waals surface area contributed by atoms with E-state index in [1.807, 2.05) is 0 Å². The van der Waals surface area contributed by atoms with Crippen LogP contribution in [0.5, 0.6) is 5.75 Å². The first-order valence-electron chi connectivity index (χ1n) is 9.34. The quantitative estimate of drug-likeness (QED) is 0.777. The summed E-state index contributed by atoms with van der Waals surface area (Å²) in [5.74, 6) is 0.0809. The molecule has 2 N–H and O–H groups in total. The van der Waals surface area contributed by atoms with E-state index in [2.05, 4.69) is 5.32 Å². The van der Waals surface area contributed by atoms with Crippen LogP contribution in [0.2, 0.25) is 0 Å². The van der Waals surface area contributed by atoms with Crippen LogP contribution in [-0.4, -0.2) is 34.7 Å². The number of ether oxygens (including phenoxy) is 1. The van der Waals surface area contributed by atoms with Crippen molar-refractivity contribution in [3.63, 3.8) is 0 Å². The molecule has 0 radical (unpaired) electrons. The number of aromatic nitrogens is 1. The second-order valence-corrected chi connectivity index (χ2v) is 6.89. The number of esters is 1. The molecule has 1 fully saturated rings. The van der Waals surface area contributed by atoms with E-state index in [-0.39, 0.29) is 24.8 Å². The first-order chi connectivity index (χ1) is 12.6. The Labute approximate surface area is 153 Å². The number of benzene rings is 1. The molecule has 1 aliphatic carbocycles. The fourth-order valence-electron chi connectivity index (χ4n) is 3.65. The van der Waals surface area contributed by atoms with Gasteiger partial charge in [-0.15, -0.1) is 0 Å². The van der Waals surface area contributed by atoms with Gasteiger partial charge in [0.15, 0.2) is 0 Å². The lowest BCUT2D eigenvalue weighted by Gasteiger charge is -2.22. The van der Waals surface area contributed by atoms with Crippen molar-refractivity contribution in [1.29, 1.82) is 0 Å². The Balaban J connectivity index is 1.77. The lowest BCUT2D eigenvalue weighted by atomic mass is 9.89. The molecule has 6 nitrogen and oxygen atoms in total. The maximum absolute atomic E-state index is 12.5. The summed E-state index contributed by atoms with van der Waals surface area (Å²) in [5.41, 5.74) is 1.04. The number of phenolic OH excluding ortho intramolecular Hbond substituents is 1. The molecule has 0 saturated heterocycles. The number of fused-ring (bicyclic) bond motifs is 1. The van der Waals surface area contributed by atoms with Gasteiger partial charge in [-0.05, 0) is 49.9 Å². The summed E-state index contributed by atoms with van der Waals surface area (Å²) in [6, 6.07) is 6.49. The number of hydrogen-bond acceptors (Lipinski definition) is 4. The maximum Gasteiger partial charge on any atom is 0.354 e. The third kappa shape index (κ3) is 4.18. The first-order valence-corrected chi connectivity index (χ1v) is 9.34. The molecule has 0 bridgehead atoms. The van der Waals surface area contributed by atoms with Gasteiger partial charge in [0.05, 0.1) is 6.61 Å². The van der Waals surface area contributed by atoms with E-state index in [0.29, 0.717) is 23.5 Å². The van der Waals surface area contributed by atoms with Gasteiger partial charge in [-0.1, -0.05) is 19.3 Å². The van der Waals surface area contributed by atoms with Crippen LogP contribution < -0.4 is 5.32 Å². The summed E-state index contributed by atoms with van der Waals surface area (Å²) in [6.07, 6.45) is 6.09. The van der Waals surface area contributed by atoms with E-state index in [4.69, 9.17) is 4.74 Å². The molecule has 1 amide bonds. The van der Waals surface area contributed by atoms with Gasteiger partial charge in [0.1, 0.15) is 18.0 Å². The minimum absolute atomic E-state index is 0.0507. The highest BCUT2D eigenvalue weighted by Crippen LogP contribution is 2.25. The van der Waals surface area contributed by atoms with Crippen LogP contribution in [0.4, 0.5) is 0 Å². The first kappa shape index (κ1) is 18.3. The molecule has 140 valence electrons. The van der Waals surface area contributed by atoms with Gasteiger partial charge in [0.2, 0.25) is 5.91 Å². The molecule has 3 rings (SSSR count). The van der Waals surface area contributed by atoms with Crippen LogP contribution in [0.3, 0.4) is 0 Å². The van der Waals surface area contributed by atoms with Gasteiger partial charge >= 0.3 is 5.97 Å². The van der Waals surface area contributed by atoms with Crippen molar-refractivity contribution < 1.29 is 19.4 Å². The SMILES string of the molecule is CCOC(=O)c1cc2cc(O)ccc2n1CC(=O)NCC1CCCCC1. The Kier molecular flexibility index (Phi) is 5.81. The molecule has 6 heteroatoms. The summed E-state index contributed by atoms with van der Waals surface area (Å²) in [4.78, 5) is 24.7. The highest BCUT2D eigenvalue weighted by atomic mass is 16.5. The van der Waals surface area contributed by atoms with Crippen molar-refractivity contribution in [3.8, 4) is 5.75 Å². The smallest absolute Gasteiger partial charge is 0.354 e. The molecule has 1 heterocycles. The Morgan fingerprint density at radius 3 is 2.73 bits per heavy atom. The molecule has 0 aliphatic heterocycles. The number of rotatable bonds is 6. The number of carbonyl (C=O) groups is 2. The van der Waals surface area contributed by atoms with Gasteiger partial charge < -0.3 is 19.7 Å².